The summed E-state index contributed by atoms with van der Waals surface area (Å²) in [6.45, 7) is 4.00. The summed E-state index contributed by atoms with van der Waals surface area (Å²) in [6, 6.07) is 5.90. The monoisotopic (exact) mass is 292 g/mol. The minimum absolute atomic E-state index is 0.177. The minimum Gasteiger partial charge on any atom is -0.481 e. The predicted molar refractivity (Wildman–Crippen MR) is 75.4 cm³/mol. The molecule has 1 aliphatic rings. The summed E-state index contributed by atoms with van der Waals surface area (Å²) in [5.74, 6) is -0.0358. The maximum absolute atomic E-state index is 11.1. The first kappa shape index (κ1) is 13.3. The van der Waals surface area contributed by atoms with Gasteiger partial charge in [-0.3, -0.25) is 9.69 Å². The molecule has 1 saturated heterocycles. The normalized spacial score (nSPS) is 23.2. The van der Waals surface area contributed by atoms with Gasteiger partial charge in [-0.25, -0.2) is 0 Å². The van der Waals surface area contributed by atoms with E-state index in [0.717, 1.165) is 22.9 Å². The Labute approximate surface area is 120 Å². The van der Waals surface area contributed by atoms with Crippen LogP contribution in [0.1, 0.15) is 12.6 Å². The van der Waals surface area contributed by atoms with Crippen LogP contribution in [0.25, 0.3) is 10.6 Å². The van der Waals surface area contributed by atoms with Crippen LogP contribution in [0.15, 0.2) is 28.1 Å². The third kappa shape index (κ3) is 2.62. The van der Waals surface area contributed by atoms with Crippen LogP contribution in [-0.2, 0) is 11.3 Å². The molecule has 0 aliphatic carbocycles. The molecule has 5 nitrogen and oxygen atoms in total. The van der Waals surface area contributed by atoms with Crippen molar-refractivity contribution in [2.45, 2.75) is 13.5 Å². The smallest absolute Gasteiger partial charge is 0.308 e. The molecule has 0 spiro atoms. The number of likely N-dealkylation sites (tertiary alicyclic amines) is 1. The number of hydrogen-bond donors (Lipinski definition) is 1. The van der Waals surface area contributed by atoms with Crippen LogP contribution in [0.5, 0.6) is 0 Å². The maximum atomic E-state index is 11.1. The van der Waals surface area contributed by atoms with Gasteiger partial charge in [-0.1, -0.05) is 18.1 Å². The van der Waals surface area contributed by atoms with E-state index in [1.54, 1.807) is 11.3 Å². The Kier molecular flexibility index (Phi) is 3.58. The van der Waals surface area contributed by atoms with Crippen molar-refractivity contribution in [1.29, 1.82) is 0 Å². The lowest BCUT2D eigenvalue weighted by atomic mass is 9.99. The van der Waals surface area contributed by atoms with Crippen LogP contribution in [0.2, 0.25) is 0 Å². The Morgan fingerprint density at radius 1 is 1.60 bits per heavy atom. The molecule has 1 N–H and O–H groups in total. The summed E-state index contributed by atoms with van der Waals surface area (Å²) in [5, 5.41) is 15.2. The molecule has 0 radical (unpaired) electrons. The molecule has 1 fully saturated rings. The molecule has 2 atom stereocenters. The van der Waals surface area contributed by atoms with E-state index in [1.165, 1.54) is 0 Å². The van der Waals surface area contributed by atoms with E-state index >= 15 is 0 Å². The predicted octanol–water partition coefficient (Wildman–Crippen LogP) is 2.56. The zero-order chi connectivity index (χ0) is 14.1. The number of aliphatic carboxylic acids is 1. The highest BCUT2D eigenvalue weighted by atomic mass is 32.1. The summed E-state index contributed by atoms with van der Waals surface area (Å²) >= 11 is 1.61. The Hall–Kier alpha value is -1.66. The van der Waals surface area contributed by atoms with Crippen LogP contribution in [0.3, 0.4) is 0 Å². The van der Waals surface area contributed by atoms with Crippen molar-refractivity contribution in [1.82, 2.24) is 10.1 Å². The summed E-state index contributed by atoms with van der Waals surface area (Å²) in [5.41, 5.74) is 0.853. The number of thiophene rings is 1. The topological polar surface area (TPSA) is 66.6 Å². The fourth-order valence-electron chi connectivity index (χ4n) is 2.67. The van der Waals surface area contributed by atoms with E-state index in [2.05, 4.69) is 10.1 Å². The Balaban J connectivity index is 1.66. The third-order valence-electron chi connectivity index (χ3n) is 3.71. The molecule has 3 rings (SSSR count). The first-order valence-corrected chi connectivity index (χ1v) is 7.46. The van der Waals surface area contributed by atoms with Gasteiger partial charge in [0.05, 0.1) is 16.5 Å². The van der Waals surface area contributed by atoms with Crippen molar-refractivity contribution in [2.75, 3.05) is 13.1 Å². The number of rotatable bonds is 4. The molecule has 0 amide bonds. The van der Waals surface area contributed by atoms with Crippen LogP contribution in [0, 0.1) is 11.8 Å². The number of aromatic nitrogens is 1. The van der Waals surface area contributed by atoms with Crippen molar-refractivity contribution < 1.29 is 14.4 Å². The van der Waals surface area contributed by atoms with Crippen molar-refractivity contribution in [2.24, 2.45) is 11.8 Å². The molecule has 3 heterocycles. The number of carboxylic acid groups (broad SMARTS) is 1. The number of hydrogen-bond acceptors (Lipinski definition) is 5. The van der Waals surface area contributed by atoms with Gasteiger partial charge in [-0.15, -0.1) is 11.3 Å². The summed E-state index contributed by atoms with van der Waals surface area (Å²) < 4.78 is 5.34. The molecule has 2 aromatic heterocycles. The molecule has 106 valence electrons. The van der Waals surface area contributed by atoms with E-state index in [9.17, 15) is 4.79 Å². The standard InChI is InChI=1S/C14H16N2O3S/c1-9-6-16(8-11(9)14(17)18)7-10-5-12(19-15-10)13-3-2-4-20-13/h2-5,9,11H,6-8H2,1H3,(H,17,18). The lowest BCUT2D eigenvalue weighted by Crippen LogP contribution is -2.23. The van der Waals surface area contributed by atoms with Crippen molar-refractivity contribution in [3.05, 3.63) is 29.3 Å². The quantitative estimate of drug-likeness (QED) is 0.938. The molecule has 0 saturated carbocycles. The molecule has 0 aromatic carbocycles. The summed E-state index contributed by atoms with van der Waals surface area (Å²) in [6.07, 6.45) is 0. The number of carbonyl (C=O) groups is 1. The van der Waals surface area contributed by atoms with Crippen molar-refractivity contribution in [3.63, 3.8) is 0 Å². The lowest BCUT2D eigenvalue weighted by molar-refractivity contribution is -0.142. The molecule has 0 bridgehead atoms. The molecular weight excluding hydrogens is 276 g/mol. The van der Waals surface area contributed by atoms with Crippen molar-refractivity contribution in [3.8, 4) is 10.6 Å². The zero-order valence-electron chi connectivity index (χ0n) is 11.2. The molecule has 2 unspecified atom stereocenters. The van der Waals surface area contributed by atoms with Gasteiger partial charge in [0.25, 0.3) is 0 Å². The van der Waals surface area contributed by atoms with Gasteiger partial charge in [0, 0.05) is 25.7 Å². The average molecular weight is 292 g/mol. The molecular formula is C14H16N2O3S. The van der Waals surface area contributed by atoms with Gasteiger partial charge in [-0.05, 0) is 17.4 Å². The first-order chi connectivity index (χ1) is 9.63. The number of carboxylic acids is 1. The van der Waals surface area contributed by atoms with E-state index in [-0.39, 0.29) is 11.8 Å². The second kappa shape index (κ2) is 5.38. The van der Waals surface area contributed by atoms with Gasteiger partial charge in [-0.2, -0.15) is 0 Å². The summed E-state index contributed by atoms with van der Waals surface area (Å²) in [7, 11) is 0. The molecule has 1 aliphatic heterocycles. The van der Waals surface area contributed by atoms with Gasteiger partial charge >= 0.3 is 5.97 Å². The second-order valence-corrected chi connectivity index (χ2v) is 6.22. The average Bonchev–Trinajstić information content (AvgIpc) is 3.09. The molecule has 6 heteroatoms. The number of nitrogens with zero attached hydrogens (tertiary/aromatic N) is 2. The Morgan fingerprint density at radius 3 is 3.10 bits per heavy atom. The molecule has 20 heavy (non-hydrogen) atoms. The Morgan fingerprint density at radius 2 is 2.45 bits per heavy atom. The second-order valence-electron chi connectivity index (χ2n) is 5.28. The highest BCUT2D eigenvalue weighted by molar-refractivity contribution is 7.13. The maximum Gasteiger partial charge on any atom is 0.308 e. The van der Waals surface area contributed by atoms with Crippen LogP contribution < -0.4 is 0 Å². The van der Waals surface area contributed by atoms with Gasteiger partial charge in [0.15, 0.2) is 5.76 Å². The summed E-state index contributed by atoms with van der Waals surface area (Å²) in [4.78, 5) is 14.3. The largest absolute Gasteiger partial charge is 0.481 e. The fourth-order valence-corrected chi connectivity index (χ4v) is 3.34. The van der Waals surface area contributed by atoms with Crippen molar-refractivity contribution >= 4 is 17.3 Å². The van der Waals surface area contributed by atoms with Crippen LogP contribution in [0.4, 0.5) is 0 Å². The lowest BCUT2D eigenvalue weighted by Gasteiger charge is -2.12. The highest BCUT2D eigenvalue weighted by Gasteiger charge is 2.34. The fraction of sp³-hybridized carbons (Fsp3) is 0.429. The van der Waals surface area contributed by atoms with Crippen LogP contribution in [-0.4, -0.2) is 34.2 Å². The van der Waals surface area contributed by atoms with Gasteiger partial charge in [0.2, 0.25) is 0 Å². The van der Waals surface area contributed by atoms with E-state index in [0.29, 0.717) is 13.1 Å². The molecule has 2 aromatic rings. The van der Waals surface area contributed by atoms with E-state index < -0.39 is 5.97 Å². The van der Waals surface area contributed by atoms with Gasteiger partial charge in [0.1, 0.15) is 0 Å². The van der Waals surface area contributed by atoms with Crippen LogP contribution >= 0.6 is 11.3 Å². The van der Waals surface area contributed by atoms with E-state index in [1.807, 2.05) is 30.5 Å². The van der Waals surface area contributed by atoms with Gasteiger partial charge < -0.3 is 9.63 Å². The third-order valence-corrected chi connectivity index (χ3v) is 4.60. The first-order valence-electron chi connectivity index (χ1n) is 6.58. The Bertz CT molecular complexity index is 593. The minimum atomic E-state index is -0.709. The van der Waals surface area contributed by atoms with E-state index in [4.69, 9.17) is 9.63 Å². The highest BCUT2D eigenvalue weighted by Crippen LogP contribution is 2.27. The zero-order valence-corrected chi connectivity index (χ0v) is 12.0. The SMILES string of the molecule is CC1CN(Cc2cc(-c3cccs3)on2)CC1C(=O)O.